The van der Waals surface area contributed by atoms with Gasteiger partial charge in [0.25, 0.3) is 10.0 Å². The fourth-order valence-electron chi connectivity index (χ4n) is 3.91. The summed E-state index contributed by atoms with van der Waals surface area (Å²) in [5.74, 6) is 1.84. The summed E-state index contributed by atoms with van der Waals surface area (Å²) in [5.41, 5.74) is 1.00. The highest BCUT2D eigenvalue weighted by molar-refractivity contribution is 7.90. The molecule has 29 heavy (non-hydrogen) atoms. The Bertz CT molecular complexity index is 1040. The second-order valence-electron chi connectivity index (χ2n) is 7.54. The summed E-state index contributed by atoms with van der Waals surface area (Å²) in [6.07, 6.45) is 0.847. The predicted octanol–water partition coefficient (Wildman–Crippen LogP) is 3.79. The molecule has 2 aliphatic rings. The predicted molar refractivity (Wildman–Crippen MR) is 109 cm³/mol. The monoisotopic (exact) mass is 418 g/mol. The summed E-state index contributed by atoms with van der Waals surface area (Å²) >= 11 is 0. The van der Waals surface area contributed by atoms with E-state index in [9.17, 15) is 12.8 Å². The van der Waals surface area contributed by atoms with E-state index in [2.05, 4.69) is 16.2 Å². The second-order valence-corrected chi connectivity index (χ2v) is 9.30. The molecule has 1 fully saturated rings. The van der Waals surface area contributed by atoms with Crippen molar-refractivity contribution in [3.63, 3.8) is 0 Å². The zero-order valence-corrected chi connectivity index (χ0v) is 17.2. The van der Waals surface area contributed by atoms with E-state index < -0.39 is 15.8 Å². The first-order chi connectivity index (χ1) is 13.8. The maximum atomic E-state index is 13.6. The van der Waals surface area contributed by atoms with Gasteiger partial charge in [0, 0.05) is 25.1 Å². The molecule has 154 valence electrons. The first-order valence-corrected chi connectivity index (χ1v) is 11.1. The average molecular weight is 418 g/mol. The molecule has 0 aliphatic carbocycles. The third kappa shape index (κ3) is 4.22. The van der Waals surface area contributed by atoms with Crippen molar-refractivity contribution < 1.29 is 22.3 Å². The molecule has 0 saturated carbocycles. The van der Waals surface area contributed by atoms with Crippen LogP contribution in [0.25, 0.3) is 0 Å². The van der Waals surface area contributed by atoms with Gasteiger partial charge in [0.05, 0.1) is 12.9 Å². The van der Waals surface area contributed by atoms with Crippen molar-refractivity contribution in [1.82, 2.24) is 4.90 Å². The number of sulfonamides is 1. The molecule has 2 aromatic rings. The molecule has 6 nitrogen and oxygen atoms in total. The van der Waals surface area contributed by atoms with Crippen LogP contribution in [0, 0.1) is 11.7 Å². The molecule has 2 heterocycles. The van der Waals surface area contributed by atoms with Gasteiger partial charge in [-0.25, -0.2) is 12.8 Å². The third-order valence-electron chi connectivity index (χ3n) is 5.30. The molecular weight excluding hydrogens is 395 g/mol. The minimum Gasteiger partial charge on any atom is -0.494 e. The maximum Gasteiger partial charge on any atom is 0.256 e. The lowest BCUT2D eigenvalue weighted by molar-refractivity contribution is 0.297. The lowest BCUT2D eigenvalue weighted by Gasteiger charge is -2.40. The number of halogens is 1. The highest BCUT2D eigenvalue weighted by Crippen LogP contribution is 2.35. The number of methoxy groups -OCH3 is 1. The Kier molecular flexibility index (Phi) is 5.21. The fraction of sp³-hybridized carbons (Fsp3) is 0.381. The normalized spacial score (nSPS) is 23.1. The topological polar surface area (TPSA) is 68.2 Å². The molecule has 0 spiro atoms. The number of hydrogen-bond donors (Lipinski definition) is 0. The number of ether oxygens (including phenoxy) is 2. The molecule has 0 amide bonds. The van der Waals surface area contributed by atoms with Crippen LogP contribution >= 0.6 is 0 Å². The molecule has 0 N–H and O–H groups in total. The number of fused-ring (bicyclic) bond motifs is 1. The maximum absolute atomic E-state index is 13.6. The molecule has 2 aromatic carbocycles. The van der Waals surface area contributed by atoms with Crippen LogP contribution < -0.4 is 9.47 Å². The van der Waals surface area contributed by atoms with Crippen LogP contribution in [0.5, 0.6) is 17.2 Å². The molecule has 1 saturated heterocycles. The van der Waals surface area contributed by atoms with Crippen molar-refractivity contribution in [3.05, 3.63) is 53.8 Å². The van der Waals surface area contributed by atoms with Crippen LogP contribution in [0.4, 0.5) is 4.39 Å². The van der Waals surface area contributed by atoms with E-state index in [0.29, 0.717) is 29.8 Å². The molecule has 4 rings (SSSR count). The van der Waals surface area contributed by atoms with Crippen LogP contribution in [0.2, 0.25) is 0 Å². The van der Waals surface area contributed by atoms with Crippen LogP contribution in [0.1, 0.15) is 24.8 Å². The van der Waals surface area contributed by atoms with Crippen LogP contribution in [0.15, 0.2) is 46.9 Å². The Labute approximate surface area is 170 Å². The molecular formula is C21H23FN2O4S. The van der Waals surface area contributed by atoms with Gasteiger partial charge in [-0.1, -0.05) is 19.1 Å². The smallest absolute Gasteiger partial charge is 0.256 e. The van der Waals surface area contributed by atoms with Crippen molar-refractivity contribution in [1.29, 1.82) is 0 Å². The molecule has 2 unspecified atom stereocenters. The van der Waals surface area contributed by atoms with E-state index in [1.807, 2.05) is 24.3 Å². The minimum absolute atomic E-state index is 0.0613. The summed E-state index contributed by atoms with van der Waals surface area (Å²) in [5, 5.41) is 0. The van der Waals surface area contributed by atoms with E-state index >= 15 is 0 Å². The number of amidine groups is 1. The summed E-state index contributed by atoms with van der Waals surface area (Å²) in [6.45, 7) is 3.50. The van der Waals surface area contributed by atoms with Crippen molar-refractivity contribution in [3.8, 4) is 17.2 Å². The van der Waals surface area contributed by atoms with E-state index in [1.165, 1.54) is 25.3 Å². The number of hydrogen-bond acceptors (Lipinski definition) is 5. The largest absolute Gasteiger partial charge is 0.494 e. The first kappa shape index (κ1) is 19.7. The van der Waals surface area contributed by atoms with Crippen LogP contribution in [-0.2, 0) is 10.0 Å². The van der Waals surface area contributed by atoms with Gasteiger partial charge in [0.1, 0.15) is 17.3 Å². The Morgan fingerprint density at radius 3 is 2.59 bits per heavy atom. The van der Waals surface area contributed by atoms with Gasteiger partial charge in [-0.15, -0.1) is 4.40 Å². The molecule has 0 radical (unpaired) electrons. The molecule has 0 bridgehead atoms. The fourth-order valence-corrected chi connectivity index (χ4v) is 4.98. The standard InChI is InChI=1S/C21H23FN2O4S/c1-14-11-18(21-23-29(25,26)10-9-24(21)13-14)15-3-5-16(6-4-15)28-17-7-8-19(22)20(12-17)27-2/h3-8,12,14,18H,9-11,13H2,1-2H3. The highest BCUT2D eigenvalue weighted by atomic mass is 32.2. The summed E-state index contributed by atoms with van der Waals surface area (Å²) < 4.78 is 52.5. The Balaban J connectivity index is 1.57. The quantitative estimate of drug-likeness (QED) is 0.756. The van der Waals surface area contributed by atoms with Gasteiger partial charge in [0.15, 0.2) is 11.6 Å². The average Bonchev–Trinajstić information content (AvgIpc) is 2.69. The van der Waals surface area contributed by atoms with Crippen molar-refractivity contribution >= 4 is 15.9 Å². The zero-order valence-electron chi connectivity index (χ0n) is 16.3. The second kappa shape index (κ2) is 7.67. The van der Waals surface area contributed by atoms with Crippen molar-refractivity contribution in [2.75, 3.05) is 26.0 Å². The van der Waals surface area contributed by atoms with Gasteiger partial charge in [-0.2, -0.15) is 0 Å². The SMILES string of the molecule is COc1cc(Oc2ccc(C3CC(C)CN4CCS(=O)(=O)N=C34)cc2)ccc1F. The van der Waals surface area contributed by atoms with Gasteiger partial charge in [-0.05, 0) is 42.2 Å². The van der Waals surface area contributed by atoms with Crippen molar-refractivity contribution in [2.45, 2.75) is 19.3 Å². The van der Waals surface area contributed by atoms with E-state index in [0.717, 1.165) is 18.5 Å². The minimum atomic E-state index is -3.39. The Morgan fingerprint density at radius 2 is 1.86 bits per heavy atom. The van der Waals surface area contributed by atoms with Crippen molar-refractivity contribution in [2.24, 2.45) is 10.3 Å². The van der Waals surface area contributed by atoms with Gasteiger partial charge in [0.2, 0.25) is 0 Å². The number of piperidine rings is 1. The van der Waals surface area contributed by atoms with E-state index in [-0.39, 0.29) is 17.4 Å². The first-order valence-electron chi connectivity index (χ1n) is 9.53. The lowest BCUT2D eigenvalue weighted by Crippen LogP contribution is -2.48. The zero-order chi connectivity index (χ0) is 20.6. The van der Waals surface area contributed by atoms with E-state index in [4.69, 9.17) is 9.47 Å². The molecule has 2 aliphatic heterocycles. The summed E-state index contributed by atoms with van der Waals surface area (Å²) in [6, 6.07) is 11.8. The van der Waals surface area contributed by atoms with Gasteiger partial charge < -0.3 is 14.4 Å². The Hall–Kier alpha value is -2.61. The van der Waals surface area contributed by atoms with Crippen LogP contribution in [-0.4, -0.2) is 45.1 Å². The van der Waals surface area contributed by atoms with E-state index in [1.54, 1.807) is 0 Å². The molecule has 2 atom stereocenters. The van der Waals surface area contributed by atoms with Gasteiger partial charge in [-0.3, -0.25) is 0 Å². The summed E-state index contributed by atoms with van der Waals surface area (Å²) in [4.78, 5) is 2.09. The highest BCUT2D eigenvalue weighted by Gasteiger charge is 2.36. The molecule has 8 heteroatoms. The van der Waals surface area contributed by atoms with Gasteiger partial charge >= 0.3 is 0 Å². The number of benzene rings is 2. The lowest BCUT2D eigenvalue weighted by atomic mass is 9.84. The third-order valence-corrected chi connectivity index (χ3v) is 6.46. The molecule has 0 aromatic heterocycles. The number of rotatable bonds is 4. The van der Waals surface area contributed by atoms with Crippen LogP contribution in [0.3, 0.4) is 0 Å². The summed E-state index contributed by atoms with van der Waals surface area (Å²) in [7, 11) is -1.99. The number of nitrogens with zero attached hydrogens (tertiary/aromatic N) is 2. The Morgan fingerprint density at radius 1 is 1.14 bits per heavy atom.